The maximum absolute atomic E-state index is 2.66. The largest absolute Gasteiger partial charge is 0.350 e. The molecular formula is C20H38N6+2. The molecule has 6 nitrogen and oxygen atoms in total. The van der Waals surface area contributed by atoms with E-state index in [0.717, 1.165) is 0 Å². The molecule has 4 aliphatic heterocycles. The molecular weight excluding hydrogens is 324 g/mol. The first-order valence-electron chi connectivity index (χ1n) is 10.9. The van der Waals surface area contributed by atoms with Crippen molar-refractivity contribution in [2.75, 3.05) is 79.5 Å². The Balaban J connectivity index is 1.30. The second-order valence-electron chi connectivity index (χ2n) is 8.51. The maximum atomic E-state index is 2.66. The van der Waals surface area contributed by atoms with Gasteiger partial charge < -0.3 is 0 Å². The summed E-state index contributed by atoms with van der Waals surface area (Å²) in [6, 6.07) is 0. The lowest BCUT2D eigenvalue weighted by atomic mass is 10.2. The van der Waals surface area contributed by atoms with Crippen LogP contribution in [0.3, 0.4) is 0 Å². The van der Waals surface area contributed by atoms with Gasteiger partial charge in [-0.1, -0.05) is 0 Å². The number of hydrogen-bond donors (Lipinski definition) is 0. The third-order valence-corrected chi connectivity index (χ3v) is 6.48. The standard InChI is InChI=1S/C20H38N6/c1-21-9-5-13-25-17-7-15-23(19(21)25)11-3-4-12-24-16-8-18-26-14-6-10-22(2)20(24)26/h3-18H2,1-2H3/q+2. The second-order valence-corrected chi connectivity index (χ2v) is 8.51. The first kappa shape index (κ1) is 17.9. The fraction of sp³-hybridized carbons (Fsp3) is 0.900. The molecule has 0 aromatic rings. The van der Waals surface area contributed by atoms with E-state index >= 15 is 0 Å². The molecule has 4 rings (SSSR count). The lowest BCUT2D eigenvalue weighted by Crippen LogP contribution is -2.57. The average molecular weight is 363 g/mol. The Morgan fingerprint density at radius 2 is 1.04 bits per heavy atom. The van der Waals surface area contributed by atoms with Crippen molar-refractivity contribution in [3.05, 3.63) is 0 Å². The van der Waals surface area contributed by atoms with Crippen LogP contribution in [0.5, 0.6) is 0 Å². The van der Waals surface area contributed by atoms with Gasteiger partial charge in [-0.2, -0.15) is 0 Å². The van der Waals surface area contributed by atoms with Crippen LogP contribution in [0.1, 0.15) is 38.5 Å². The predicted octanol–water partition coefficient (Wildman–Crippen LogP) is 0.586. The van der Waals surface area contributed by atoms with Crippen molar-refractivity contribution in [2.24, 2.45) is 0 Å². The molecule has 0 radical (unpaired) electrons. The molecule has 0 spiro atoms. The molecule has 0 aliphatic carbocycles. The summed E-state index contributed by atoms with van der Waals surface area (Å²) >= 11 is 0. The van der Waals surface area contributed by atoms with Crippen molar-refractivity contribution in [1.82, 2.24) is 19.6 Å². The Morgan fingerprint density at radius 3 is 1.50 bits per heavy atom. The molecule has 0 bridgehead atoms. The molecule has 0 saturated carbocycles. The monoisotopic (exact) mass is 362 g/mol. The van der Waals surface area contributed by atoms with Crippen molar-refractivity contribution in [3.8, 4) is 0 Å². The van der Waals surface area contributed by atoms with Crippen LogP contribution in [0.2, 0.25) is 0 Å². The van der Waals surface area contributed by atoms with Crippen LogP contribution in [0.4, 0.5) is 0 Å². The van der Waals surface area contributed by atoms with Gasteiger partial charge in [0.25, 0.3) is 0 Å². The molecule has 4 heterocycles. The minimum absolute atomic E-state index is 1.22. The van der Waals surface area contributed by atoms with Crippen molar-refractivity contribution >= 4 is 11.9 Å². The summed E-state index contributed by atoms with van der Waals surface area (Å²) in [7, 11) is 4.55. The molecule has 146 valence electrons. The number of guanidine groups is 2. The van der Waals surface area contributed by atoms with Crippen LogP contribution in [0.25, 0.3) is 0 Å². The van der Waals surface area contributed by atoms with Gasteiger partial charge in [0, 0.05) is 25.7 Å². The summed E-state index contributed by atoms with van der Waals surface area (Å²) in [5.74, 6) is 3.01. The fourth-order valence-corrected chi connectivity index (χ4v) is 5.32. The van der Waals surface area contributed by atoms with Crippen LogP contribution in [0.15, 0.2) is 0 Å². The topological polar surface area (TPSA) is 19.0 Å². The average Bonchev–Trinajstić information content (AvgIpc) is 2.65. The highest BCUT2D eigenvalue weighted by Gasteiger charge is 2.36. The Morgan fingerprint density at radius 1 is 0.615 bits per heavy atom. The first-order valence-corrected chi connectivity index (χ1v) is 10.9. The maximum Gasteiger partial charge on any atom is 0.350 e. The number of nitrogens with zero attached hydrogens (tertiary/aromatic N) is 6. The van der Waals surface area contributed by atoms with Gasteiger partial charge in [-0.15, -0.1) is 0 Å². The molecule has 2 saturated heterocycles. The van der Waals surface area contributed by atoms with Gasteiger partial charge in [0.15, 0.2) is 0 Å². The third kappa shape index (κ3) is 3.65. The Bertz CT molecular complexity index is 519. The highest BCUT2D eigenvalue weighted by atomic mass is 15.4. The van der Waals surface area contributed by atoms with Crippen molar-refractivity contribution in [2.45, 2.75) is 38.5 Å². The van der Waals surface area contributed by atoms with E-state index in [0.29, 0.717) is 0 Å². The van der Waals surface area contributed by atoms with Gasteiger partial charge in [-0.25, -0.2) is 0 Å². The molecule has 0 unspecified atom stereocenters. The van der Waals surface area contributed by atoms with Crippen LogP contribution in [-0.2, 0) is 0 Å². The molecule has 6 heteroatoms. The Hall–Kier alpha value is -1.46. The molecule has 0 amide bonds. The zero-order valence-electron chi connectivity index (χ0n) is 17.0. The second kappa shape index (κ2) is 8.05. The third-order valence-electron chi connectivity index (χ3n) is 6.48. The van der Waals surface area contributed by atoms with Gasteiger partial charge in [0.1, 0.15) is 0 Å². The molecule has 0 aromatic carbocycles. The van der Waals surface area contributed by atoms with Crippen LogP contribution in [0, 0.1) is 0 Å². The highest BCUT2D eigenvalue weighted by Crippen LogP contribution is 2.16. The lowest BCUT2D eigenvalue weighted by Gasteiger charge is -2.37. The van der Waals surface area contributed by atoms with Gasteiger partial charge in [0.05, 0.1) is 79.5 Å². The number of fused-ring (bicyclic) bond motifs is 2. The van der Waals surface area contributed by atoms with Crippen LogP contribution < -0.4 is 0 Å². The summed E-state index contributed by atoms with van der Waals surface area (Å²) in [4.78, 5) is 10.5. The smallest absolute Gasteiger partial charge is 0.267 e. The molecule has 2 fully saturated rings. The molecule has 4 aliphatic rings. The molecule has 26 heavy (non-hydrogen) atoms. The van der Waals surface area contributed by atoms with E-state index in [2.05, 4.69) is 42.8 Å². The van der Waals surface area contributed by atoms with E-state index < -0.39 is 0 Å². The van der Waals surface area contributed by atoms with E-state index in [-0.39, 0.29) is 0 Å². The van der Waals surface area contributed by atoms with Gasteiger partial charge in [-0.3, -0.25) is 28.8 Å². The zero-order valence-corrected chi connectivity index (χ0v) is 17.0. The summed E-state index contributed by atoms with van der Waals surface area (Å²) in [5, 5.41) is 0. The number of unbranched alkanes of at least 4 members (excludes halogenated alkanes) is 1. The Kier molecular flexibility index (Phi) is 5.55. The van der Waals surface area contributed by atoms with Crippen molar-refractivity contribution < 1.29 is 9.15 Å². The van der Waals surface area contributed by atoms with Crippen molar-refractivity contribution in [3.63, 3.8) is 0 Å². The summed E-state index contributed by atoms with van der Waals surface area (Å²) < 4.78 is 4.97. The lowest BCUT2D eigenvalue weighted by molar-refractivity contribution is -0.515. The zero-order chi connectivity index (χ0) is 17.9. The van der Waals surface area contributed by atoms with Crippen molar-refractivity contribution in [1.29, 1.82) is 0 Å². The molecule has 0 atom stereocenters. The number of hydrogen-bond acceptors (Lipinski definition) is 4. The van der Waals surface area contributed by atoms with Crippen LogP contribution >= 0.6 is 0 Å². The van der Waals surface area contributed by atoms with Gasteiger partial charge >= 0.3 is 11.9 Å². The minimum Gasteiger partial charge on any atom is -0.267 e. The predicted molar refractivity (Wildman–Crippen MR) is 106 cm³/mol. The summed E-state index contributed by atoms with van der Waals surface area (Å²) in [5.41, 5.74) is 0. The fourth-order valence-electron chi connectivity index (χ4n) is 5.32. The van der Waals surface area contributed by atoms with E-state index in [1.807, 2.05) is 0 Å². The number of rotatable bonds is 5. The minimum atomic E-state index is 1.22. The van der Waals surface area contributed by atoms with E-state index in [9.17, 15) is 0 Å². The first-order chi connectivity index (χ1) is 12.7. The van der Waals surface area contributed by atoms with E-state index in [1.165, 1.54) is 116 Å². The quantitative estimate of drug-likeness (QED) is 0.526. The summed E-state index contributed by atoms with van der Waals surface area (Å²) in [6.45, 7) is 12.4. The summed E-state index contributed by atoms with van der Waals surface area (Å²) in [6.07, 6.45) is 7.87. The highest BCUT2D eigenvalue weighted by molar-refractivity contribution is 5.77. The Labute approximate surface area is 159 Å². The molecule has 0 aromatic heterocycles. The van der Waals surface area contributed by atoms with Gasteiger partial charge in [0.2, 0.25) is 0 Å². The van der Waals surface area contributed by atoms with E-state index in [1.54, 1.807) is 0 Å². The normalized spacial score (nSPS) is 24.2. The van der Waals surface area contributed by atoms with E-state index in [4.69, 9.17) is 0 Å². The van der Waals surface area contributed by atoms with Crippen LogP contribution in [-0.4, -0.2) is 120 Å². The molecule has 0 N–H and O–H groups in total. The van der Waals surface area contributed by atoms with Gasteiger partial charge in [-0.05, 0) is 12.8 Å². The SMILES string of the molecule is C[N+]1=C2N(CCCCN3CCCN4CCC[N+](C)=C34)CCCN2CCC1.